The van der Waals surface area contributed by atoms with Gasteiger partial charge in [0, 0.05) is 19.3 Å². The van der Waals surface area contributed by atoms with Gasteiger partial charge in [0.25, 0.3) is 0 Å². The highest BCUT2D eigenvalue weighted by molar-refractivity contribution is 5.47. The molecule has 1 N–H and O–H groups in total. The van der Waals surface area contributed by atoms with Crippen LogP contribution in [0.4, 0.5) is 5.82 Å². The number of anilines is 1. The predicted octanol–water partition coefficient (Wildman–Crippen LogP) is 1.08. The van der Waals surface area contributed by atoms with Crippen molar-refractivity contribution in [3.05, 3.63) is 24.0 Å². The minimum absolute atomic E-state index is 0.874. The first kappa shape index (κ1) is 7.09. The predicted molar refractivity (Wildman–Crippen MR) is 47.3 cm³/mol. The van der Waals surface area contributed by atoms with E-state index in [1.807, 2.05) is 26.1 Å². The number of rotatable bonds is 1. The molecule has 2 aromatic rings. The fourth-order valence-corrected chi connectivity index (χ4v) is 1.20. The van der Waals surface area contributed by atoms with E-state index in [0.717, 1.165) is 17.2 Å². The quantitative estimate of drug-likeness (QED) is 0.682. The second-order valence-electron chi connectivity index (χ2n) is 2.64. The molecule has 2 heterocycles. The van der Waals surface area contributed by atoms with Gasteiger partial charge in [0.05, 0.1) is 5.69 Å². The largest absolute Gasteiger partial charge is 0.373 e. The molecule has 0 aliphatic heterocycles. The van der Waals surface area contributed by atoms with E-state index in [0.29, 0.717) is 0 Å². The van der Waals surface area contributed by atoms with Gasteiger partial charge in [-0.15, -0.1) is 0 Å². The zero-order valence-electron chi connectivity index (χ0n) is 7.07. The molecule has 4 heteroatoms. The second-order valence-corrected chi connectivity index (χ2v) is 2.64. The summed E-state index contributed by atoms with van der Waals surface area (Å²) in [6.07, 6.45) is 1.77. The fraction of sp³-hybridized carbons (Fsp3) is 0.250. The van der Waals surface area contributed by atoms with Crippen LogP contribution < -0.4 is 5.32 Å². The molecule has 0 radical (unpaired) electrons. The van der Waals surface area contributed by atoms with Gasteiger partial charge >= 0.3 is 0 Å². The van der Waals surface area contributed by atoms with Crippen LogP contribution in [-0.2, 0) is 0 Å². The van der Waals surface area contributed by atoms with Crippen LogP contribution in [0.5, 0.6) is 0 Å². The smallest absolute Gasteiger partial charge is 0.157 e. The van der Waals surface area contributed by atoms with Gasteiger partial charge in [-0.3, -0.25) is 0 Å². The molecule has 0 fully saturated rings. The Hall–Kier alpha value is -1.58. The number of hydrogen-bond donors (Lipinski definition) is 1. The zero-order chi connectivity index (χ0) is 8.55. The number of nitrogens with zero attached hydrogens (tertiary/aromatic N) is 3. The molecule has 0 aromatic carbocycles. The molecular formula is C8H10N4. The van der Waals surface area contributed by atoms with Crippen molar-refractivity contribution in [2.75, 3.05) is 12.4 Å². The summed E-state index contributed by atoms with van der Waals surface area (Å²) in [5.74, 6) is 0.952. The van der Waals surface area contributed by atoms with E-state index in [9.17, 15) is 0 Å². The van der Waals surface area contributed by atoms with Crippen LogP contribution >= 0.6 is 0 Å². The Bertz CT molecular complexity index is 404. The molecule has 0 aliphatic rings. The third-order valence-electron chi connectivity index (χ3n) is 1.74. The average Bonchev–Trinajstić information content (AvgIpc) is 2.44. The Labute approximate surface area is 70.2 Å². The molecule has 62 valence electrons. The second kappa shape index (κ2) is 2.48. The van der Waals surface area contributed by atoms with Crippen molar-refractivity contribution < 1.29 is 0 Å². The molecule has 2 aromatic heterocycles. The monoisotopic (exact) mass is 162 g/mol. The van der Waals surface area contributed by atoms with Crippen LogP contribution in [0.2, 0.25) is 0 Å². The van der Waals surface area contributed by atoms with Crippen LogP contribution in [0.1, 0.15) is 5.69 Å². The van der Waals surface area contributed by atoms with Crippen molar-refractivity contribution in [2.45, 2.75) is 6.92 Å². The highest BCUT2D eigenvalue weighted by Crippen LogP contribution is 2.09. The Morgan fingerprint density at radius 1 is 1.50 bits per heavy atom. The maximum absolute atomic E-state index is 4.28. The lowest BCUT2D eigenvalue weighted by Gasteiger charge is -2.00. The van der Waals surface area contributed by atoms with E-state index in [2.05, 4.69) is 15.4 Å². The number of aromatic nitrogens is 3. The molecule has 0 saturated carbocycles. The van der Waals surface area contributed by atoms with Crippen molar-refractivity contribution in [1.82, 2.24) is 14.6 Å². The number of nitrogens with one attached hydrogen (secondary N) is 1. The van der Waals surface area contributed by atoms with E-state index in [4.69, 9.17) is 0 Å². The third-order valence-corrected chi connectivity index (χ3v) is 1.74. The van der Waals surface area contributed by atoms with Crippen molar-refractivity contribution in [2.24, 2.45) is 0 Å². The first-order chi connectivity index (χ1) is 5.81. The summed E-state index contributed by atoms with van der Waals surface area (Å²) in [6.45, 7) is 1.95. The van der Waals surface area contributed by atoms with Crippen molar-refractivity contribution in [1.29, 1.82) is 0 Å². The van der Waals surface area contributed by atoms with E-state index in [1.165, 1.54) is 0 Å². The SMILES string of the molecule is CNc1ccnc2cc(C)nn12. The minimum atomic E-state index is 0.874. The van der Waals surface area contributed by atoms with E-state index >= 15 is 0 Å². The van der Waals surface area contributed by atoms with Crippen LogP contribution in [0.15, 0.2) is 18.3 Å². The Balaban J connectivity index is 2.78. The molecular weight excluding hydrogens is 152 g/mol. The highest BCUT2D eigenvalue weighted by Gasteiger charge is 2.00. The standard InChI is InChI=1S/C8H10N4/c1-6-5-8-10-4-3-7(9-2)12(8)11-6/h3-5,9H,1-2H3. The van der Waals surface area contributed by atoms with E-state index in [-0.39, 0.29) is 0 Å². The molecule has 0 saturated heterocycles. The molecule has 4 nitrogen and oxygen atoms in total. The van der Waals surface area contributed by atoms with Crippen LogP contribution in [0, 0.1) is 6.92 Å². The molecule has 0 aliphatic carbocycles. The molecule has 0 atom stereocenters. The average molecular weight is 162 g/mol. The maximum Gasteiger partial charge on any atom is 0.157 e. The minimum Gasteiger partial charge on any atom is -0.373 e. The Morgan fingerprint density at radius 3 is 3.08 bits per heavy atom. The molecule has 0 unspecified atom stereocenters. The summed E-state index contributed by atoms with van der Waals surface area (Å²) >= 11 is 0. The lowest BCUT2D eigenvalue weighted by molar-refractivity contribution is 0.921. The normalized spacial score (nSPS) is 10.5. The molecule has 12 heavy (non-hydrogen) atoms. The molecule has 0 bridgehead atoms. The molecule has 0 spiro atoms. The van der Waals surface area contributed by atoms with Gasteiger partial charge in [-0.25, -0.2) is 4.98 Å². The van der Waals surface area contributed by atoms with Gasteiger partial charge in [0.15, 0.2) is 5.65 Å². The molecule has 2 rings (SSSR count). The maximum atomic E-state index is 4.28. The number of aryl methyl sites for hydroxylation is 1. The first-order valence-corrected chi connectivity index (χ1v) is 3.80. The number of fused-ring (bicyclic) bond motifs is 1. The number of hydrogen-bond acceptors (Lipinski definition) is 3. The third kappa shape index (κ3) is 0.922. The summed E-state index contributed by atoms with van der Waals surface area (Å²) in [4.78, 5) is 4.17. The first-order valence-electron chi connectivity index (χ1n) is 3.80. The van der Waals surface area contributed by atoms with Crippen LogP contribution in [-0.4, -0.2) is 21.6 Å². The summed E-state index contributed by atoms with van der Waals surface area (Å²) < 4.78 is 1.79. The van der Waals surface area contributed by atoms with Gasteiger partial charge in [-0.1, -0.05) is 0 Å². The van der Waals surface area contributed by atoms with Crippen LogP contribution in [0.25, 0.3) is 5.65 Å². The summed E-state index contributed by atoms with van der Waals surface area (Å²) in [6, 6.07) is 3.83. The van der Waals surface area contributed by atoms with Gasteiger partial charge in [0.2, 0.25) is 0 Å². The highest BCUT2D eigenvalue weighted by atomic mass is 15.3. The van der Waals surface area contributed by atoms with Gasteiger partial charge in [-0.2, -0.15) is 9.61 Å². The summed E-state index contributed by atoms with van der Waals surface area (Å²) in [7, 11) is 1.87. The van der Waals surface area contributed by atoms with E-state index in [1.54, 1.807) is 10.7 Å². The van der Waals surface area contributed by atoms with Crippen molar-refractivity contribution in [3.8, 4) is 0 Å². The van der Waals surface area contributed by atoms with Gasteiger partial charge in [-0.05, 0) is 13.0 Å². The summed E-state index contributed by atoms with van der Waals surface area (Å²) in [5.41, 5.74) is 1.85. The van der Waals surface area contributed by atoms with Crippen molar-refractivity contribution >= 4 is 11.5 Å². The lowest BCUT2D eigenvalue weighted by Crippen LogP contribution is -1.99. The van der Waals surface area contributed by atoms with Crippen molar-refractivity contribution in [3.63, 3.8) is 0 Å². The Morgan fingerprint density at radius 2 is 2.33 bits per heavy atom. The fourth-order valence-electron chi connectivity index (χ4n) is 1.20. The Kier molecular flexibility index (Phi) is 1.46. The topological polar surface area (TPSA) is 42.2 Å². The van der Waals surface area contributed by atoms with Gasteiger partial charge in [0.1, 0.15) is 5.82 Å². The van der Waals surface area contributed by atoms with Gasteiger partial charge < -0.3 is 5.32 Å². The summed E-state index contributed by atoms with van der Waals surface area (Å²) in [5, 5.41) is 7.32. The lowest BCUT2D eigenvalue weighted by atomic mass is 10.5. The van der Waals surface area contributed by atoms with E-state index < -0.39 is 0 Å². The zero-order valence-corrected chi connectivity index (χ0v) is 7.07. The van der Waals surface area contributed by atoms with Crippen LogP contribution in [0.3, 0.4) is 0 Å². The molecule has 0 amide bonds.